The normalized spacial score (nSPS) is 22.1. The van der Waals surface area contributed by atoms with Crippen molar-refractivity contribution in [2.75, 3.05) is 18.2 Å². The SMILES string of the molecule is CCCn1c(N)c(NC2CCC(OC)C2)c(=O)[nH]c1=O. The van der Waals surface area contributed by atoms with Gasteiger partial charge in [-0.25, -0.2) is 4.79 Å². The molecule has 112 valence electrons. The molecule has 0 saturated heterocycles. The molecule has 2 atom stereocenters. The van der Waals surface area contributed by atoms with Gasteiger partial charge in [-0.15, -0.1) is 0 Å². The van der Waals surface area contributed by atoms with Gasteiger partial charge in [-0.2, -0.15) is 0 Å². The number of nitrogen functional groups attached to an aromatic ring is 1. The zero-order chi connectivity index (χ0) is 14.7. The standard InChI is InChI=1S/C13H22N4O3/c1-3-6-17-11(14)10(12(18)16-13(17)19)15-8-4-5-9(7-8)20-2/h8-9,15H,3-7,14H2,1-2H3,(H,16,18,19). The average molecular weight is 282 g/mol. The number of nitrogens with two attached hydrogens (primary N) is 1. The van der Waals surface area contributed by atoms with Crippen LogP contribution < -0.4 is 22.3 Å². The summed E-state index contributed by atoms with van der Waals surface area (Å²) in [6.45, 7) is 2.44. The van der Waals surface area contributed by atoms with Crippen LogP contribution in [0.2, 0.25) is 0 Å². The van der Waals surface area contributed by atoms with E-state index in [9.17, 15) is 9.59 Å². The summed E-state index contributed by atoms with van der Waals surface area (Å²) in [5.74, 6) is 0.210. The molecule has 7 nitrogen and oxygen atoms in total. The quantitative estimate of drug-likeness (QED) is 0.730. The Kier molecular flexibility index (Phi) is 4.49. The number of methoxy groups -OCH3 is 1. The molecule has 4 N–H and O–H groups in total. The maximum absolute atomic E-state index is 11.9. The van der Waals surface area contributed by atoms with Gasteiger partial charge in [-0.05, 0) is 25.7 Å². The van der Waals surface area contributed by atoms with Crippen LogP contribution in [0.15, 0.2) is 9.59 Å². The first-order chi connectivity index (χ1) is 9.56. The Morgan fingerprint density at radius 2 is 2.20 bits per heavy atom. The van der Waals surface area contributed by atoms with Crippen LogP contribution in [0.1, 0.15) is 32.6 Å². The van der Waals surface area contributed by atoms with Crippen LogP contribution in [0.25, 0.3) is 0 Å². The zero-order valence-electron chi connectivity index (χ0n) is 11.9. The number of hydrogen-bond acceptors (Lipinski definition) is 5. The molecule has 1 fully saturated rings. The molecule has 1 heterocycles. The summed E-state index contributed by atoms with van der Waals surface area (Å²) in [7, 11) is 1.69. The highest BCUT2D eigenvalue weighted by atomic mass is 16.5. The lowest BCUT2D eigenvalue weighted by Crippen LogP contribution is -2.35. The lowest BCUT2D eigenvalue weighted by molar-refractivity contribution is 0.108. The third-order valence-electron chi connectivity index (χ3n) is 3.75. The molecular formula is C13H22N4O3. The van der Waals surface area contributed by atoms with Gasteiger partial charge in [0.05, 0.1) is 6.10 Å². The molecule has 2 unspecified atom stereocenters. The number of aromatic nitrogens is 2. The first-order valence-corrected chi connectivity index (χ1v) is 6.98. The number of hydrogen-bond donors (Lipinski definition) is 3. The number of anilines is 2. The Morgan fingerprint density at radius 3 is 2.80 bits per heavy atom. The summed E-state index contributed by atoms with van der Waals surface area (Å²) in [6.07, 6.45) is 3.70. The van der Waals surface area contributed by atoms with Crippen LogP contribution in [0.4, 0.5) is 11.5 Å². The highest BCUT2D eigenvalue weighted by Gasteiger charge is 2.26. The number of nitrogens with zero attached hydrogens (tertiary/aromatic N) is 1. The fourth-order valence-electron chi connectivity index (χ4n) is 2.66. The molecule has 1 aromatic heterocycles. The average Bonchev–Trinajstić information content (AvgIpc) is 2.87. The van der Waals surface area contributed by atoms with Crippen molar-refractivity contribution in [1.82, 2.24) is 9.55 Å². The van der Waals surface area contributed by atoms with Crippen LogP contribution >= 0.6 is 0 Å². The predicted octanol–water partition coefficient (Wildman–Crippen LogP) is 0.508. The second-order valence-corrected chi connectivity index (χ2v) is 5.18. The molecule has 0 aliphatic heterocycles. The third-order valence-corrected chi connectivity index (χ3v) is 3.75. The number of aromatic amines is 1. The van der Waals surface area contributed by atoms with E-state index in [0.717, 1.165) is 25.7 Å². The minimum atomic E-state index is -0.458. The number of nitrogens with one attached hydrogen (secondary N) is 2. The van der Waals surface area contributed by atoms with E-state index in [4.69, 9.17) is 10.5 Å². The molecule has 1 aliphatic carbocycles. The van der Waals surface area contributed by atoms with Gasteiger partial charge in [-0.1, -0.05) is 6.92 Å². The fourth-order valence-corrected chi connectivity index (χ4v) is 2.66. The fraction of sp³-hybridized carbons (Fsp3) is 0.692. The van der Waals surface area contributed by atoms with Crippen molar-refractivity contribution in [3.63, 3.8) is 0 Å². The highest BCUT2D eigenvalue weighted by Crippen LogP contribution is 2.25. The van der Waals surface area contributed by atoms with E-state index in [2.05, 4.69) is 10.3 Å². The van der Waals surface area contributed by atoms with E-state index in [1.54, 1.807) is 7.11 Å². The van der Waals surface area contributed by atoms with E-state index in [1.807, 2.05) is 6.92 Å². The summed E-state index contributed by atoms with van der Waals surface area (Å²) >= 11 is 0. The minimum Gasteiger partial charge on any atom is -0.383 e. The maximum Gasteiger partial charge on any atom is 0.330 e. The first-order valence-electron chi connectivity index (χ1n) is 6.98. The van der Waals surface area contributed by atoms with Crippen molar-refractivity contribution in [2.45, 2.75) is 51.3 Å². The Hall–Kier alpha value is -1.76. The summed E-state index contributed by atoms with van der Waals surface area (Å²) in [5, 5.41) is 3.16. The van der Waals surface area contributed by atoms with Crippen molar-refractivity contribution in [3.05, 3.63) is 20.8 Å². The van der Waals surface area contributed by atoms with E-state index in [1.165, 1.54) is 4.57 Å². The molecule has 0 bridgehead atoms. The Balaban J connectivity index is 2.26. The van der Waals surface area contributed by atoms with Crippen molar-refractivity contribution >= 4 is 11.5 Å². The van der Waals surface area contributed by atoms with E-state index >= 15 is 0 Å². The van der Waals surface area contributed by atoms with Crippen LogP contribution in [0.3, 0.4) is 0 Å². The Bertz CT molecular complexity index is 578. The number of rotatable bonds is 5. The van der Waals surface area contributed by atoms with E-state index in [0.29, 0.717) is 12.2 Å². The lowest BCUT2D eigenvalue weighted by atomic mass is 10.2. The molecule has 0 amide bonds. The van der Waals surface area contributed by atoms with Crippen molar-refractivity contribution in [2.24, 2.45) is 0 Å². The molecule has 2 rings (SSSR count). The van der Waals surface area contributed by atoms with Crippen LogP contribution in [0, 0.1) is 0 Å². The van der Waals surface area contributed by atoms with Gasteiger partial charge < -0.3 is 15.8 Å². The van der Waals surface area contributed by atoms with Gasteiger partial charge in [-0.3, -0.25) is 14.3 Å². The minimum absolute atomic E-state index is 0.149. The van der Waals surface area contributed by atoms with Crippen molar-refractivity contribution in [3.8, 4) is 0 Å². The molecule has 0 radical (unpaired) electrons. The summed E-state index contributed by atoms with van der Waals surface area (Å²) in [5.41, 5.74) is 5.34. The van der Waals surface area contributed by atoms with Crippen LogP contribution in [-0.4, -0.2) is 28.8 Å². The summed E-state index contributed by atoms with van der Waals surface area (Å²) < 4.78 is 6.70. The van der Waals surface area contributed by atoms with Crippen molar-refractivity contribution in [1.29, 1.82) is 0 Å². The van der Waals surface area contributed by atoms with Gasteiger partial charge in [0, 0.05) is 19.7 Å². The largest absolute Gasteiger partial charge is 0.383 e. The molecule has 1 aromatic rings. The summed E-state index contributed by atoms with van der Waals surface area (Å²) in [6, 6.07) is 0.149. The first kappa shape index (κ1) is 14.6. The molecule has 7 heteroatoms. The number of H-pyrrole nitrogens is 1. The summed E-state index contributed by atoms with van der Waals surface area (Å²) in [4.78, 5) is 25.9. The van der Waals surface area contributed by atoms with Crippen LogP contribution in [-0.2, 0) is 11.3 Å². The monoisotopic (exact) mass is 282 g/mol. The van der Waals surface area contributed by atoms with E-state index < -0.39 is 11.2 Å². The van der Waals surface area contributed by atoms with Crippen LogP contribution in [0.5, 0.6) is 0 Å². The Morgan fingerprint density at radius 1 is 1.45 bits per heavy atom. The van der Waals surface area contributed by atoms with Gasteiger partial charge in [0.2, 0.25) is 0 Å². The second kappa shape index (κ2) is 6.13. The van der Waals surface area contributed by atoms with Gasteiger partial charge in [0.15, 0.2) is 0 Å². The molecule has 1 saturated carbocycles. The highest BCUT2D eigenvalue weighted by molar-refractivity contribution is 5.61. The lowest BCUT2D eigenvalue weighted by Gasteiger charge is -2.17. The number of ether oxygens (including phenoxy) is 1. The van der Waals surface area contributed by atoms with Gasteiger partial charge in [0.25, 0.3) is 5.56 Å². The zero-order valence-corrected chi connectivity index (χ0v) is 11.9. The van der Waals surface area contributed by atoms with Crippen molar-refractivity contribution < 1.29 is 4.74 Å². The van der Waals surface area contributed by atoms with E-state index in [-0.39, 0.29) is 18.0 Å². The smallest absolute Gasteiger partial charge is 0.330 e. The topological polar surface area (TPSA) is 102 Å². The maximum atomic E-state index is 11.9. The molecule has 20 heavy (non-hydrogen) atoms. The molecule has 1 aliphatic rings. The van der Waals surface area contributed by atoms with Gasteiger partial charge >= 0.3 is 5.69 Å². The molecule has 0 spiro atoms. The third kappa shape index (κ3) is 2.87. The van der Waals surface area contributed by atoms with Gasteiger partial charge in [0.1, 0.15) is 11.5 Å². The Labute approximate surface area is 117 Å². The predicted molar refractivity (Wildman–Crippen MR) is 78.1 cm³/mol. The molecule has 0 aromatic carbocycles. The molecular weight excluding hydrogens is 260 g/mol. The second-order valence-electron chi connectivity index (χ2n) is 5.18.